The van der Waals surface area contributed by atoms with E-state index in [9.17, 15) is 0 Å². The molecule has 2 aliphatic rings. The summed E-state index contributed by atoms with van der Waals surface area (Å²) in [6.07, 6.45) is 27.1. The van der Waals surface area contributed by atoms with Gasteiger partial charge in [0.1, 0.15) is 11.5 Å². The van der Waals surface area contributed by atoms with Crippen LogP contribution >= 0.6 is 0 Å². The quantitative estimate of drug-likeness (QED) is 0.140. The van der Waals surface area contributed by atoms with Crippen molar-refractivity contribution >= 4 is 0 Å². The summed E-state index contributed by atoms with van der Waals surface area (Å²) in [6.45, 7) is 10.5. The van der Waals surface area contributed by atoms with Gasteiger partial charge in [-0.25, -0.2) is 0 Å². The summed E-state index contributed by atoms with van der Waals surface area (Å²) in [5, 5.41) is 0. The van der Waals surface area contributed by atoms with Crippen LogP contribution in [0, 0.1) is 0 Å². The van der Waals surface area contributed by atoms with Crippen LogP contribution < -0.4 is 0 Å². The van der Waals surface area contributed by atoms with Crippen molar-refractivity contribution in [1.29, 1.82) is 0 Å². The Morgan fingerprint density at radius 2 is 0.933 bits per heavy atom. The van der Waals surface area contributed by atoms with Crippen molar-refractivity contribution in [1.82, 2.24) is 0 Å². The Morgan fingerprint density at radius 1 is 0.511 bits per heavy atom. The summed E-state index contributed by atoms with van der Waals surface area (Å²) in [5.74, 6) is 1.98. The highest BCUT2D eigenvalue weighted by Crippen LogP contribution is 2.50. The van der Waals surface area contributed by atoms with Crippen molar-refractivity contribution in [2.75, 3.05) is 13.2 Å². The zero-order chi connectivity index (χ0) is 31.8. The van der Waals surface area contributed by atoms with Gasteiger partial charge < -0.3 is 14.2 Å². The molecule has 45 heavy (non-hydrogen) atoms. The second-order valence-corrected chi connectivity index (χ2v) is 12.9. The molecule has 0 bridgehead atoms. The van der Waals surface area contributed by atoms with Crippen LogP contribution in [0.15, 0.2) is 109 Å². The molecule has 0 aromatic heterocycles. The normalized spacial score (nSPS) is 24.3. The second-order valence-electron chi connectivity index (χ2n) is 12.9. The van der Waals surface area contributed by atoms with Crippen LogP contribution in [-0.4, -0.2) is 24.4 Å². The highest BCUT2D eigenvalue weighted by Gasteiger charge is 2.49. The van der Waals surface area contributed by atoms with Crippen LogP contribution in [0.4, 0.5) is 0 Å². The SMILES string of the molecule is CCCCCCOC1=CC(c2ccccc2)[C@@](CCC)(O[C@@]2(CCC)C=CC(OCCCCCC)=CC2c2ccccc2)C=C1. The fraction of sp³-hybridized carbons (Fsp3) is 0.524. The van der Waals surface area contributed by atoms with E-state index in [0.29, 0.717) is 0 Å². The molecule has 0 fully saturated rings. The molecular formula is C42H58O3. The Hall–Kier alpha value is -3.04. The van der Waals surface area contributed by atoms with Gasteiger partial charge in [-0.05, 0) is 73.3 Å². The summed E-state index contributed by atoms with van der Waals surface area (Å²) >= 11 is 0. The molecule has 0 spiro atoms. The minimum Gasteiger partial charge on any atom is -0.494 e. The maximum absolute atomic E-state index is 7.76. The number of hydrogen-bond donors (Lipinski definition) is 0. The first-order chi connectivity index (χ1) is 22.1. The third-order valence-electron chi connectivity index (χ3n) is 9.29. The first-order valence-electron chi connectivity index (χ1n) is 18.0. The van der Waals surface area contributed by atoms with E-state index >= 15 is 0 Å². The summed E-state index contributed by atoms with van der Waals surface area (Å²) < 4.78 is 20.5. The topological polar surface area (TPSA) is 27.7 Å². The molecule has 4 atom stereocenters. The van der Waals surface area contributed by atoms with Crippen molar-refractivity contribution < 1.29 is 14.2 Å². The van der Waals surface area contributed by atoms with Gasteiger partial charge in [-0.3, -0.25) is 0 Å². The van der Waals surface area contributed by atoms with Crippen molar-refractivity contribution in [3.05, 3.63) is 120 Å². The van der Waals surface area contributed by atoms with Crippen LogP contribution in [0.3, 0.4) is 0 Å². The number of hydrogen-bond acceptors (Lipinski definition) is 3. The van der Waals surface area contributed by atoms with Crippen LogP contribution in [-0.2, 0) is 14.2 Å². The van der Waals surface area contributed by atoms with E-state index in [1.807, 2.05) is 0 Å². The average molecular weight is 611 g/mol. The molecule has 0 heterocycles. The van der Waals surface area contributed by atoms with Crippen molar-refractivity contribution in [3.63, 3.8) is 0 Å². The molecule has 3 nitrogen and oxygen atoms in total. The van der Waals surface area contributed by atoms with E-state index in [-0.39, 0.29) is 11.8 Å². The van der Waals surface area contributed by atoms with E-state index in [1.54, 1.807) is 0 Å². The molecule has 2 aliphatic carbocycles. The van der Waals surface area contributed by atoms with Gasteiger partial charge in [-0.2, -0.15) is 0 Å². The third-order valence-corrected chi connectivity index (χ3v) is 9.29. The largest absolute Gasteiger partial charge is 0.494 e. The molecule has 2 unspecified atom stereocenters. The smallest absolute Gasteiger partial charge is 0.115 e. The highest BCUT2D eigenvalue weighted by molar-refractivity contribution is 5.42. The summed E-state index contributed by atoms with van der Waals surface area (Å²) in [5.41, 5.74) is 1.47. The third kappa shape index (κ3) is 9.49. The summed E-state index contributed by atoms with van der Waals surface area (Å²) in [6, 6.07) is 21.8. The lowest BCUT2D eigenvalue weighted by molar-refractivity contribution is -0.131. The van der Waals surface area contributed by atoms with E-state index in [0.717, 1.165) is 63.3 Å². The molecule has 244 valence electrons. The van der Waals surface area contributed by atoms with Gasteiger partial charge in [0.15, 0.2) is 0 Å². The predicted octanol–water partition coefficient (Wildman–Crippen LogP) is 11.7. The van der Waals surface area contributed by atoms with Gasteiger partial charge in [0, 0.05) is 11.8 Å². The lowest BCUT2D eigenvalue weighted by Crippen LogP contribution is -2.50. The first kappa shape index (κ1) is 34.8. The fourth-order valence-corrected chi connectivity index (χ4v) is 6.99. The van der Waals surface area contributed by atoms with Crippen LogP contribution in [0.2, 0.25) is 0 Å². The zero-order valence-corrected chi connectivity index (χ0v) is 28.5. The van der Waals surface area contributed by atoms with Crippen LogP contribution in [0.1, 0.15) is 128 Å². The van der Waals surface area contributed by atoms with Crippen molar-refractivity contribution in [2.45, 2.75) is 128 Å². The van der Waals surface area contributed by atoms with E-state index in [2.05, 4.69) is 125 Å². The van der Waals surface area contributed by atoms with Gasteiger partial charge in [0.05, 0.1) is 24.4 Å². The molecule has 0 saturated heterocycles. The molecular weight excluding hydrogens is 552 g/mol. The van der Waals surface area contributed by atoms with Gasteiger partial charge in [-0.1, -0.05) is 140 Å². The number of rotatable bonds is 20. The first-order valence-corrected chi connectivity index (χ1v) is 18.0. The standard InChI is InChI=1S/C42H58O3/c1-5-9-11-19-31-43-37-25-29-41(27-7-3,39(33-37)35-21-15-13-16-22-35)45-42(28-8-4)30-26-38(44-32-20-12-10-6-2)34-40(42)36-23-17-14-18-24-36/h13-18,21-26,29-30,33-34,39-40H,5-12,19-20,27-28,31-32H2,1-4H3/t39?,40?,41-,42-/m0/s1. The predicted molar refractivity (Wildman–Crippen MR) is 189 cm³/mol. The molecule has 0 radical (unpaired) electrons. The van der Waals surface area contributed by atoms with Crippen molar-refractivity contribution in [2.24, 2.45) is 0 Å². The van der Waals surface area contributed by atoms with Crippen molar-refractivity contribution in [3.8, 4) is 0 Å². The molecule has 0 saturated carbocycles. The molecule has 0 N–H and O–H groups in total. The number of unbranched alkanes of at least 4 members (excludes halogenated alkanes) is 6. The Kier molecular flexibility index (Phi) is 14.1. The molecule has 2 aromatic rings. The molecule has 3 heteroatoms. The number of ether oxygens (including phenoxy) is 3. The summed E-state index contributed by atoms with van der Waals surface area (Å²) in [7, 11) is 0. The molecule has 0 amide bonds. The Balaban J connectivity index is 1.70. The Labute approximate surface area is 274 Å². The molecule has 4 rings (SSSR count). The van der Waals surface area contributed by atoms with Gasteiger partial charge in [-0.15, -0.1) is 0 Å². The van der Waals surface area contributed by atoms with E-state index in [4.69, 9.17) is 14.2 Å². The minimum atomic E-state index is -0.524. The lowest BCUT2D eigenvalue weighted by atomic mass is 9.72. The highest BCUT2D eigenvalue weighted by atomic mass is 16.5. The van der Waals surface area contributed by atoms with Gasteiger partial charge in [0.2, 0.25) is 0 Å². The maximum atomic E-state index is 7.76. The monoisotopic (exact) mass is 610 g/mol. The molecule has 2 aromatic carbocycles. The fourth-order valence-electron chi connectivity index (χ4n) is 6.99. The van der Waals surface area contributed by atoms with E-state index in [1.165, 1.54) is 49.7 Å². The Morgan fingerprint density at radius 3 is 1.31 bits per heavy atom. The average Bonchev–Trinajstić information content (AvgIpc) is 3.07. The van der Waals surface area contributed by atoms with Gasteiger partial charge >= 0.3 is 0 Å². The van der Waals surface area contributed by atoms with Gasteiger partial charge in [0.25, 0.3) is 0 Å². The van der Waals surface area contributed by atoms with E-state index < -0.39 is 11.2 Å². The number of allylic oxidation sites excluding steroid dienone is 2. The second kappa shape index (κ2) is 18.2. The maximum Gasteiger partial charge on any atom is 0.115 e. The minimum absolute atomic E-state index is 0.0352. The van der Waals surface area contributed by atoms with Crippen LogP contribution in [0.5, 0.6) is 0 Å². The van der Waals surface area contributed by atoms with Crippen LogP contribution in [0.25, 0.3) is 0 Å². The zero-order valence-electron chi connectivity index (χ0n) is 28.5. The lowest BCUT2D eigenvalue weighted by Gasteiger charge is -2.49. The Bertz CT molecular complexity index is 1150. The number of benzene rings is 2. The molecule has 0 aliphatic heterocycles. The summed E-state index contributed by atoms with van der Waals surface area (Å²) in [4.78, 5) is 0.